The zero-order valence-corrected chi connectivity index (χ0v) is 8.97. The van der Waals surface area contributed by atoms with Crippen LogP contribution in [0.2, 0.25) is 0 Å². The molecule has 0 unspecified atom stereocenters. The van der Waals surface area contributed by atoms with Crippen molar-refractivity contribution in [1.82, 2.24) is 0 Å². The van der Waals surface area contributed by atoms with Crippen LogP contribution in [0.4, 0.5) is 0 Å². The van der Waals surface area contributed by atoms with Crippen molar-refractivity contribution in [2.45, 2.75) is 51.6 Å². The third kappa shape index (κ3) is 1.17. The first-order chi connectivity index (χ1) is 6.48. The summed E-state index contributed by atoms with van der Waals surface area (Å²) in [7, 11) is 0. The van der Waals surface area contributed by atoms with Crippen LogP contribution in [-0.4, -0.2) is 16.5 Å². The first-order valence-corrected chi connectivity index (χ1v) is 5.39. The lowest BCUT2D eigenvalue weighted by Gasteiger charge is -2.40. The highest BCUT2D eigenvalue weighted by molar-refractivity contribution is 5.89. The van der Waals surface area contributed by atoms with Gasteiger partial charge < -0.3 is 5.11 Å². The van der Waals surface area contributed by atoms with Crippen molar-refractivity contribution in [2.75, 3.05) is 0 Å². The molecule has 78 valence electrons. The average Bonchev–Trinajstić information content (AvgIpc) is 2.35. The summed E-state index contributed by atoms with van der Waals surface area (Å²) in [5.74, 6) is 0.270. The molecule has 0 radical (unpaired) electrons. The highest BCUT2D eigenvalue weighted by Crippen LogP contribution is 2.52. The number of hydrogen-bond donors (Lipinski definition) is 1. The first-order valence-electron chi connectivity index (χ1n) is 5.39. The van der Waals surface area contributed by atoms with Gasteiger partial charge in [0.2, 0.25) is 0 Å². The van der Waals surface area contributed by atoms with E-state index in [-0.39, 0.29) is 5.78 Å². The number of carbonyl (C=O) groups is 1. The fourth-order valence-electron chi connectivity index (χ4n) is 2.84. The molecular weight excluding hydrogens is 176 g/mol. The molecule has 1 fully saturated rings. The zero-order valence-electron chi connectivity index (χ0n) is 8.97. The summed E-state index contributed by atoms with van der Waals surface area (Å²) in [6, 6.07) is 0. The maximum atomic E-state index is 11.9. The summed E-state index contributed by atoms with van der Waals surface area (Å²) in [6.45, 7) is 3.92. The van der Waals surface area contributed by atoms with E-state index < -0.39 is 11.0 Å². The Labute approximate surface area is 85.0 Å². The van der Waals surface area contributed by atoms with Gasteiger partial charge in [-0.1, -0.05) is 11.6 Å². The van der Waals surface area contributed by atoms with E-state index in [1.54, 1.807) is 0 Å². The molecule has 0 heterocycles. The predicted molar refractivity (Wildman–Crippen MR) is 54.9 cm³/mol. The van der Waals surface area contributed by atoms with Gasteiger partial charge in [0.1, 0.15) is 5.78 Å². The number of ketones is 1. The van der Waals surface area contributed by atoms with Crippen LogP contribution in [0.3, 0.4) is 0 Å². The van der Waals surface area contributed by atoms with Gasteiger partial charge in [0.15, 0.2) is 0 Å². The molecular formula is C12H18O2. The Balaban J connectivity index is 2.35. The fraction of sp³-hybridized carbons (Fsp3) is 0.750. The third-order valence-electron chi connectivity index (χ3n) is 4.15. The molecule has 2 nitrogen and oxygen atoms in total. The van der Waals surface area contributed by atoms with Crippen LogP contribution in [0.1, 0.15) is 46.0 Å². The van der Waals surface area contributed by atoms with Crippen molar-refractivity contribution >= 4 is 5.78 Å². The van der Waals surface area contributed by atoms with Crippen molar-refractivity contribution in [1.29, 1.82) is 0 Å². The molecule has 2 rings (SSSR count). The van der Waals surface area contributed by atoms with Gasteiger partial charge in [-0.15, -0.1) is 0 Å². The topological polar surface area (TPSA) is 37.3 Å². The molecule has 0 aliphatic heterocycles. The van der Waals surface area contributed by atoms with Crippen molar-refractivity contribution in [3.63, 3.8) is 0 Å². The smallest absolute Gasteiger partial charge is 0.142 e. The van der Waals surface area contributed by atoms with Gasteiger partial charge in [-0.25, -0.2) is 0 Å². The maximum Gasteiger partial charge on any atom is 0.142 e. The van der Waals surface area contributed by atoms with E-state index in [9.17, 15) is 9.90 Å². The molecule has 0 amide bonds. The van der Waals surface area contributed by atoms with E-state index in [4.69, 9.17) is 0 Å². The molecule has 14 heavy (non-hydrogen) atoms. The second-order valence-corrected chi connectivity index (χ2v) is 5.03. The monoisotopic (exact) mass is 194 g/mol. The lowest BCUT2D eigenvalue weighted by molar-refractivity contribution is -0.136. The zero-order chi connectivity index (χ0) is 10.4. The van der Waals surface area contributed by atoms with E-state index in [1.165, 1.54) is 5.57 Å². The number of hydrogen-bond acceptors (Lipinski definition) is 2. The summed E-state index contributed by atoms with van der Waals surface area (Å²) >= 11 is 0. The van der Waals surface area contributed by atoms with Crippen LogP contribution in [0, 0.1) is 5.41 Å². The lowest BCUT2D eigenvalue weighted by Crippen LogP contribution is -2.46. The van der Waals surface area contributed by atoms with Gasteiger partial charge in [-0.2, -0.15) is 0 Å². The number of Topliss-reactive ketones (excluding diaryl/α,β-unsaturated/α-hetero) is 1. The normalized spacial score (nSPS) is 43.1. The van der Waals surface area contributed by atoms with Crippen LogP contribution in [-0.2, 0) is 4.79 Å². The summed E-state index contributed by atoms with van der Waals surface area (Å²) < 4.78 is 0. The maximum absolute atomic E-state index is 11.9. The number of carbonyl (C=O) groups excluding carboxylic acids is 1. The van der Waals surface area contributed by atoms with Gasteiger partial charge in [-0.3, -0.25) is 4.79 Å². The van der Waals surface area contributed by atoms with E-state index in [1.807, 2.05) is 6.92 Å². The largest absolute Gasteiger partial charge is 0.389 e. The molecule has 2 heteroatoms. The molecule has 0 aromatic carbocycles. The van der Waals surface area contributed by atoms with Crippen LogP contribution >= 0.6 is 0 Å². The molecule has 2 aliphatic carbocycles. The second kappa shape index (κ2) is 2.93. The number of rotatable bonds is 0. The summed E-state index contributed by atoms with van der Waals surface area (Å²) in [5, 5.41) is 10.3. The Morgan fingerprint density at radius 3 is 2.50 bits per heavy atom. The van der Waals surface area contributed by atoms with Crippen LogP contribution in [0.25, 0.3) is 0 Å². The van der Waals surface area contributed by atoms with E-state index in [0.717, 1.165) is 19.3 Å². The highest BCUT2D eigenvalue weighted by Gasteiger charge is 2.56. The average molecular weight is 194 g/mol. The Kier molecular flexibility index (Phi) is 2.07. The van der Waals surface area contributed by atoms with Crippen LogP contribution < -0.4 is 0 Å². The van der Waals surface area contributed by atoms with Crippen molar-refractivity contribution in [2.24, 2.45) is 5.41 Å². The van der Waals surface area contributed by atoms with Crippen LogP contribution in [0.15, 0.2) is 11.6 Å². The Morgan fingerprint density at radius 1 is 1.36 bits per heavy atom. The Morgan fingerprint density at radius 2 is 2.07 bits per heavy atom. The molecule has 1 saturated carbocycles. The highest BCUT2D eigenvalue weighted by atomic mass is 16.3. The minimum absolute atomic E-state index is 0.270. The standard InChI is InChI=1S/C12H18O2/c1-9-3-7-12(8-4-9)10(13)5-6-11(12,2)14/h3,14H,4-8H2,1-2H3/t11-,12-/m1/s1. The molecule has 0 aromatic heterocycles. The summed E-state index contributed by atoms with van der Waals surface area (Å²) in [6.07, 6.45) is 5.85. The molecule has 1 spiro atoms. The molecule has 2 aliphatic rings. The minimum atomic E-state index is -0.777. The van der Waals surface area contributed by atoms with Gasteiger partial charge in [0.25, 0.3) is 0 Å². The third-order valence-corrected chi connectivity index (χ3v) is 4.15. The van der Waals surface area contributed by atoms with Gasteiger partial charge in [0.05, 0.1) is 11.0 Å². The van der Waals surface area contributed by atoms with Gasteiger partial charge in [0, 0.05) is 6.42 Å². The quantitative estimate of drug-likeness (QED) is 0.600. The molecule has 0 bridgehead atoms. The Hall–Kier alpha value is -0.630. The van der Waals surface area contributed by atoms with Gasteiger partial charge >= 0.3 is 0 Å². The summed E-state index contributed by atoms with van der Waals surface area (Å²) in [5.41, 5.74) is 0.125. The molecule has 0 aromatic rings. The number of allylic oxidation sites excluding steroid dienone is 2. The Bertz CT molecular complexity index is 301. The SMILES string of the molecule is CC1=CC[C@@]2(CC1)C(=O)CC[C@@]2(C)O. The van der Waals surface area contributed by atoms with Crippen molar-refractivity contribution in [3.8, 4) is 0 Å². The fourth-order valence-corrected chi connectivity index (χ4v) is 2.84. The van der Waals surface area contributed by atoms with E-state index in [2.05, 4.69) is 13.0 Å². The minimum Gasteiger partial charge on any atom is -0.389 e. The first kappa shape index (κ1) is 9.91. The van der Waals surface area contributed by atoms with Crippen molar-refractivity contribution in [3.05, 3.63) is 11.6 Å². The van der Waals surface area contributed by atoms with Crippen LogP contribution in [0.5, 0.6) is 0 Å². The predicted octanol–water partition coefficient (Wildman–Crippen LogP) is 2.22. The van der Waals surface area contributed by atoms with Crippen molar-refractivity contribution < 1.29 is 9.90 Å². The van der Waals surface area contributed by atoms with E-state index >= 15 is 0 Å². The second-order valence-electron chi connectivity index (χ2n) is 5.03. The number of aliphatic hydroxyl groups is 1. The molecule has 0 saturated heterocycles. The molecule has 1 N–H and O–H groups in total. The van der Waals surface area contributed by atoms with E-state index in [0.29, 0.717) is 12.8 Å². The van der Waals surface area contributed by atoms with Gasteiger partial charge in [-0.05, 0) is 39.5 Å². The molecule has 2 atom stereocenters. The lowest BCUT2D eigenvalue weighted by atomic mass is 9.66. The summed E-state index contributed by atoms with van der Waals surface area (Å²) in [4.78, 5) is 11.9.